The summed E-state index contributed by atoms with van der Waals surface area (Å²) in [5.74, 6) is -4.99. The van der Waals surface area contributed by atoms with Crippen molar-refractivity contribution < 1.29 is 61.7 Å². The van der Waals surface area contributed by atoms with Gasteiger partial charge >= 0.3 is 11.9 Å². The molecule has 3 saturated heterocycles. The van der Waals surface area contributed by atoms with Crippen molar-refractivity contribution in [3.63, 3.8) is 0 Å². The Kier molecular flexibility index (Phi) is 8.74. The summed E-state index contributed by atoms with van der Waals surface area (Å²) >= 11 is 0. The maximum absolute atomic E-state index is 18.6. The number of esters is 2. The van der Waals surface area contributed by atoms with Crippen LogP contribution < -0.4 is 0 Å². The first-order valence-electron chi connectivity index (χ1n) is 17.2. The Bertz CT molecular complexity index is 1580. The molecule has 6 fully saturated rings. The standard InChI is InChI=1S/C34H41FN2O14/c1-30(2)49-24-12-20-19-6-5-17-11-18(38)9-10-31(17,3)33(19,35)25(13-32(20,4)34(24,51-30)23(39)16-46-36-42)48-27(41)8-7-26(40)47-21-14-44-29-22(50-37-43)15-45-28(21)29/h9-11,19-22,24-25,28-29H,5-8,12-16H2,1-4H3/t19?,20-,21-,22+,24+,25-,28+,29+,31-,32-,33-,34+/m0/s1. The van der Waals surface area contributed by atoms with Crippen molar-refractivity contribution in [2.24, 2.45) is 33.3 Å². The molecule has 3 aliphatic heterocycles. The number of ketones is 2. The van der Waals surface area contributed by atoms with Crippen LogP contribution in [0.1, 0.15) is 66.2 Å². The first-order valence-corrected chi connectivity index (χ1v) is 17.2. The number of hydrogen-bond acceptors (Lipinski definition) is 16. The van der Waals surface area contributed by atoms with Crippen LogP contribution >= 0.6 is 0 Å². The maximum Gasteiger partial charge on any atom is 0.306 e. The van der Waals surface area contributed by atoms with E-state index < -0.39 is 114 Å². The van der Waals surface area contributed by atoms with Crippen LogP contribution in [0.4, 0.5) is 4.39 Å². The van der Waals surface area contributed by atoms with Crippen molar-refractivity contribution in [3.8, 4) is 0 Å². The van der Waals surface area contributed by atoms with Crippen molar-refractivity contribution in [3.05, 3.63) is 33.6 Å². The maximum atomic E-state index is 18.6. The number of nitrogens with zero attached hydrogens (tertiary/aromatic N) is 2. The summed E-state index contributed by atoms with van der Waals surface area (Å²) in [5, 5.41) is 4.82. The molecule has 12 atom stereocenters. The van der Waals surface area contributed by atoms with E-state index in [9.17, 15) is 29.0 Å². The zero-order valence-electron chi connectivity index (χ0n) is 28.7. The van der Waals surface area contributed by atoms with Crippen LogP contribution in [0.2, 0.25) is 0 Å². The minimum Gasteiger partial charge on any atom is -0.459 e. The number of carbonyl (C=O) groups is 4. The molecule has 0 N–H and O–H groups in total. The van der Waals surface area contributed by atoms with Crippen LogP contribution in [0.5, 0.6) is 0 Å². The van der Waals surface area contributed by atoms with Crippen LogP contribution in [0.25, 0.3) is 0 Å². The van der Waals surface area contributed by atoms with Crippen LogP contribution in [0, 0.1) is 32.5 Å². The minimum absolute atomic E-state index is 0.0136. The SMILES string of the molecule is CC1(C)O[C@@H]2C[C@H]3C4CCC5=CC(=O)C=C[C@]5(C)[C@@]4(F)[C@@H](OC(=O)CCC(=O)O[C@H]4CO[C@H]5[C@@H]4OC[C@H]5ON=O)C[C@]3(C)[C@]2(C(=O)CON=O)O1. The Hall–Kier alpha value is -3.67. The van der Waals surface area contributed by atoms with Crippen molar-refractivity contribution in [2.75, 3.05) is 19.8 Å². The molecule has 1 unspecified atom stereocenters. The molecule has 0 aromatic heterocycles. The normalized spacial score (nSPS) is 44.2. The summed E-state index contributed by atoms with van der Waals surface area (Å²) in [4.78, 5) is 83.7. The van der Waals surface area contributed by atoms with Crippen LogP contribution in [-0.4, -0.2) is 97.0 Å². The van der Waals surface area contributed by atoms with Crippen LogP contribution in [0.15, 0.2) is 34.5 Å². The molecule has 16 nitrogen and oxygen atoms in total. The molecule has 4 aliphatic carbocycles. The second-order valence-corrected chi connectivity index (χ2v) is 15.4. The van der Waals surface area contributed by atoms with Gasteiger partial charge in [0.2, 0.25) is 5.78 Å². The van der Waals surface area contributed by atoms with E-state index in [2.05, 4.69) is 15.5 Å². The molecule has 3 saturated carbocycles. The van der Waals surface area contributed by atoms with E-state index in [1.54, 1.807) is 27.7 Å². The molecular weight excluding hydrogens is 679 g/mol. The van der Waals surface area contributed by atoms with E-state index in [1.807, 2.05) is 0 Å². The highest BCUT2D eigenvalue weighted by Gasteiger charge is 2.81. The second-order valence-electron chi connectivity index (χ2n) is 15.4. The number of ether oxygens (including phenoxy) is 6. The average molecular weight is 721 g/mol. The molecule has 278 valence electrons. The van der Waals surface area contributed by atoms with Crippen molar-refractivity contribution in [1.82, 2.24) is 0 Å². The number of carbonyl (C=O) groups excluding carboxylic acids is 4. The summed E-state index contributed by atoms with van der Waals surface area (Å²) in [6.07, 6.45) is -0.978. The molecule has 0 bridgehead atoms. The van der Waals surface area contributed by atoms with Gasteiger partial charge in [0, 0.05) is 16.7 Å². The molecule has 7 rings (SSSR count). The lowest BCUT2D eigenvalue weighted by atomic mass is 9.44. The number of alkyl halides is 1. The third-order valence-electron chi connectivity index (χ3n) is 12.5. The lowest BCUT2D eigenvalue weighted by Gasteiger charge is -2.63. The molecule has 17 heteroatoms. The van der Waals surface area contributed by atoms with Gasteiger partial charge in [-0.3, -0.25) is 19.2 Å². The molecule has 0 aromatic carbocycles. The summed E-state index contributed by atoms with van der Waals surface area (Å²) in [5.41, 5.74) is -5.86. The van der Waals surface area contributed by atoms with E-state index in [-0.39, 0.29) is 38.3 Å². The predicted molar refractivity (Wildman–Crippen MR) is 166 cm³/mol. The van der Waals surface area contributed by atoms with E-state index in [0.717, 1.165) is 0 Å². The monoisotopic (exact) mass is 720 g/mol. The number of allylic oxidation sites excluding steroid dienone is 4. The summed E-state index contributed by atoms with van der Waals surface area (Å²) in [6.45, 7) is 6.11. The van der Waals surface area contributed by atoms with Gasteiger partial charge in [-0.25, -0.2) is 4.39 Å². The van der Waals surface area contributed by atoms with Crippen LogP contribution in [-0.2, 0) is 57.3 Å². The zero-order valence-corrected chi connectivity index (χ0v) is 28.7. The highest BCUT2D eigenvalue weighted by Crippen LogP contribution is 2.72. The Morgan fingerprint density at radius 2 is 1.65 bits per heavy atom. The topological polar surface area (TPSA) is 201 Å². The number of hydrogen-bond donors (Lipinski definition) is 0. The van der Waals surface area contributed by atoms with Gasteiger partial charge in [0.25, 0.3) is 0 Å². The van der Waals surface area contributed by atoms with Gasteiger partial charge < -0.3 is 38.1 Å². The molecule has 7 aliphatic rings. The van der Waals surface area contributed by atoms with Gasteiger partial charge in [0.05, 0.1) is 32.2 Å². The number of halogens is 1. The fourth-order valence-electron chi connectivity index (χ4n) is 10.4. The third-order valence-corrected chi connectivity index (χ3v) is 12.5. The van der Waals surface area contributed by atoms with Gasteiger partial charge in [-0.1, -0.05) is 18.6 Å². The minimum atomic E-state index is -2.24. The number of Topliss-reactive ketones (excluding diaryl/α,β-unsaturated/α-hetero) is 1. The predicted octanol–water partition coefficient (Wildman–Crippen LogP) is 3.23. The first-order chi connectivity index (χ1) is 24.1. The summed E-state index contributed by atoms with van der Waals surface area (Å²) < 4.78 is 54.0. The number of fused-ring (bicyclic) bond motifs is 8. The Morgan fingerprint density at radius 3 is 2.35 bits per heavy atom. The molecule has 51 heavy (non-hydrogen) atoms. The Morgan fingerprint density at radius 1 is 0.961 bits per heavy atom. The van der Waals surface area contributed by atoms with Gasteiger partial charge in [-0.2, -0.15) is 0 Å². The van der Waals surface area contributed by atoms with Crippen molar-refractivity contribution in [2.45, 2.75) is 120 Å². The average Bonchev–Trinajstić information content (AvgIpc) is 3.79. The molecule has 0 amide bonds. The van der Waals surface area contributed by atoms with Gasteiger partial charge in [-0.15, -0.1) is 9.81 Å². The Balaban J connectivity index is 1.15. The third kappa shape index (κ3) is 5.28. The van der Waals surface area contributed by atoms with Gasteiger partial charge in [0.15, 0.2) is 52.3 Å². The fourth-order valence-corrected chi connectivity index (χ4v) is 10.4. The van der Waals surface area contributed by atoms with Gasteiger partial charge in [0.1, 0.15) is 18.3 Å². The van der Waals surface area contributed by atoms with E-state index in [4.69, 9.17) is 33.3 Å². The molecule has 3 heterocycles. The van der Waals surface area contributed by atoms with Crippen molar-refractivity contribution >= 4 is 23.5 Å². The molecule has 0 aromatic rings. The fraction of sp³-hybridized carbons (Fsp3) is 0.765. The largest absolute Gasteiger partial charge is 0.459 e. The lowest BCUT2D eigenvalue weighted by Crippen LogP contribution is -2.70. The van der Waals surface area contributed by atoms with E-state index in [0.29, 0.717) is 12.0 Å². The smallest absolute Gasteiger partial charge is 0.306 e. The number of rotatable bonds is 11. The molecular formula is C34H41FN2O14. The highest BCUT2D eigenvalue weighted by molar-refractivity contribution is 6.01. The molecule has 0 radical (unpaired) electrons. The zero-order chi connectivity index (χ0) is 36.6. The van der Waals surface area contributed by atoms with Crippen LogP contribution in [0.3, 0.4) is 0 Å². The highest BCUT2D eigenvalue weighted by atomic mass is 19.1. The summed E-state index contributed by atoms with van der Waals surface area (Å²) in [7, 11) is 0. The lowest BCUT2D eigenvalue weighted by molar-refractivity contribution is -0.251. The van der Waals surface area contributed by atoms with Crippen molar-refractivity contribution in [1.29, 1.82) is 0 Å². The molecule has 0 spiro atoms. The van der Waals surface area contributed by atoms with E-state index in [1.165, 1.54) is 18.2 Å². The Labute approximate surface area is 291 Å². The second kappa shape index (κ2) is 12.5. The van der Waals surface area contributed by atoms with Gasteiger partial charge in [-0.05, 0) is 64.5 Å². The van der Waals surface area contributed by atoms with E-state index >= 15 is 4.39 Å². The first kappa shape index (κ1) is 35.7. The quantitative estimate of drug-likeness (QED) is 0.171. The summed E-state index contributed by atoms with van der Waals surface area (Å²) in [6, 6.07) is 0.